The van der Waals surface area contributed by atoms with Crippen LogP contribution in [0.4, 0.5) is 10.1 Å². The molecule has 0 radical (unpaired) electrons. The van der Waals surface area contributed by atoms with Crippen LogP contribution in [0.5, 0.6) is 0 Å². The van der Waals surface area contributed by atoms with E-state index in [9.17, 15) is 9.18 Å². The van der Waals surface area contributed by atoms with Gasteiger partial charge in [-0.3, -0.25) is 9.78 Å². The van der Waals surface area contributed by atoms with E-state index in [0.717, 1.165) is 27.6 Å². The molecule has 0 atom stereocenters. The van der Waals surface area contributed by atoms with Crippen molar-refractivity contribution in [1.82, 2.24) is 4.98 Å². The third-order valence-corrected chi connectivity index (χ3v) is 4.39. The summed E-state index contributed by atoms with van der Waals surface area (Å²) >= 11 is 0. The molecule has 0 fully saturated rings. The molecule has 0 saturated carbocycles. The summed E-state index contributed by atoms with van der Waals surface area (Å²) in [7, 11) is 0. The molecule has 0 saturated heterocycles. The van der Waals surface area contributed by atoms with E-state index < -0.39 is 0 Å². The third-order valence-electron chi connectivity index (χ3n) is 4.39. The number of amides is 1. The maximum atomic E-state index is 12.9. The van der Waals surface area contributed by atoms with Gasteiger partial charge in [0.05, 0.1) is 12.1 Å². The van der Waals surface area contributed by atoms with Gasteiger partial charge in [0.15, 0.2) is 0 Å². The van der Waals surface area contributed by atoms with Crippen LogP contribution in [0.1, 0.15) is 5.56 Å². The molecule has 0 aliphatic carbocycles. The second-order valence-electron chi connectivity index (χ2n) is 6.31. The number of fused-ring (bicyclic) bond motifs is 1. The zero-order valence-electron chi connectivity index (χ0n) is 14.5. The summed E-state index contributed by atoms with van der Waals surface area (Å²) in [6, 6.07) is 23.7. The second-order valence-corrected chi connectivity index (χ2v) is 6.31. The molecule has 1 heterocycles. The van der Waals surface area contributed by atoms with Crippen molar-refractivity contribution in [3.05, 3.63) is 96.4 Å². The highest BCUT2D eigenvalue weighted by molar-refractivity contribution is 5.95. The lowest BCUT2D eigenvalue weighted by molar-refractivity contribution is -0.115. The van der Waals surface area contributed by atoms with Crippen LogP contribution in [0.3, 0.4) is 0 Å². The zero-order chi connectivity index (χ0) is 18.6. The molecule has 4 heteroatoms. The van der Waals surface area contributed by atoms with E-state index in [1.807, 2.05) is 48.7 Å². The van der Waals surface area contributed by atoms with Crippen molar-refractivity contribution in [1.29, 1.82) is 0 Å². The summed E-state index contributed by atoms with van der Waals surface area (Å²) in [5, 5.41) is 5.01. The van der Waals surface area contributed by atoms with E-state index in [0.29, 0.717) is 5.69 Å². The van der Waals surface area contributed by atoms with E-state index in [1.165, 1.54) is 12.1 Å². The van der Waals surface area contributed by atoms with Gasteiger partial charge in [-0.1, -0.05) is 48.5 Å². The summed E-state index contributed by atoms with van der Waals surface area (Å²) < 4.78 is 12.9. The van der Waals surface area contributed by atoms with E-state index in [4.69, 9.17) is 0 Å². The van der Waals surface area contributed by atoms with Crippen LogP contribution in [0, 0.1) is 5.82 Å². The molecular weight excluding hydrogens is 339 g/mol. The van der Waals surface area contributed by atoms with Crippen LogP contribution >= 0.6 is 0 Å². The van der Waals surface area contributed by atoms with Gasteiger partial charge in [0.2, 0.25) is 5.91 Å². The van der Waals surface area contributed by atoms with Crippen molar-refractivity contribution < 1.29 is 9.18 Å². The van der Waals surface area contributed by atoms with Crippen LogP contribution in [0.2, 0.25) is 0 Å². The summed E-state index contributed by atoms with van der Waals surface area (Å²) in [4.78, 5) is 16.7. The van der Waals surface area contributed by atoms with Gasteiger partial charge in [0.25, 0.3) is 0 Å². The Bertz CT molecular complexity index is 1080. The zero-order valence-corrected chi connectivity index (χ0v) is 14.5. The SMILES string of the molecule is O=C(Cc1ccc(-c2nccc3ccccc23)cc1)Nc1ccc(F)cc1. The molecule has 1 amide bonds. The minimum absolute atomic E-state index is 0.141. The molecule has 4 rings (SSSR count). The molecule has 132 valence electrons. The lowest BCUT2D eigenvalue weighted by Gasteiger charge is -2.08. The third kappa shape index (κ3) is 3.85. The maximum Gasteiger partial charge on any atom is 0.228 e. The van der Waals surface area contributed by atoms with Crippen molar-refractivity contribution in [2.75, 3.05) is 5.32 Å². The van der Waals surface area contributed by atoms with Gasteiger partial charge >= 0.3 is 0 Å². The minimum Gasteiger partial charge on any atom is -0.326 e. The number of nitrogens with zero attached hydrogens (tertiary/aromatic N) is 1. The fourth-order valence-electron chi connectivity index (χ4n) is 3.05. The Balaban J connectivity index is 1.50. The number of hydrogen-bond donors (Lipinski definition) is 1. The molecular formula is C23H17FN2O. The molecule has 4 aromatic rings. The van der Waals surface area contributed by atoms with Gasteiger partial charge in [0.1, 0.15) is 5.82 Å². The molecule has 3 nitrogen and oxygen atoms in total. The normalized spacial score (nSPS) is 10.7. The number of nitrogens with one attached hydrogen (secondary N) is 1. The Labute approximate surface area is 156 Å². The highest BCUT2D eigenvalue weighted by Crippen LogP contribution is 2.26. The smallest absolute Gasteiger partial charge is 0.228 e. The number of carbonyl (C=O) groups is 1. The number of halogens is 1. The van der Waals surface area contributed by atoms with E-state index in [-0.39, 0.29) is 18.1 Å². The fraction of sp³-hybridized carbons (Fsp3) is 0.0435. The van der Waals surface area contributed by atoms with Crippen molar-refractivity contribution in [3.63, 3.8) is 0 Å². The van der Waals surface area contributed by atoms with Crippen LogP contribution in [0.25, 0.3) is 22.0 Å². The molecule has 3 aromatic carbocycles. The lowest BCUT2D eigenvalue weighted by atomic mass is 10.0. The van der Waals surface area contributed by atoms with Crippen LogP contribution in [-0.4, -0.2) is 10.9 Å². The number of pyridine rings is 1. The average molecular weight is 356 g/mol. The Morgan fingerprint density at radius 3 is 2.41 bits per heavy atom. The largest absolute Gasteiger partial charge is 0.326 e. The predicted octanol–water partition coefficient (Wildman–Crippen LogP) is 5.22. The van der Waals surface area contributed by atoms with Crippen LogP contribution < -0.4 is 5.32 Å². The van der Waals surface area contributed by atoms with Crippen LogP contribution in [0.15, 0.2) is 85.1 Å². The molecule has 0 unspecified atom stereocenters. The number of rotatable bonds is 4. The Hall–Kier alpha value is -3.53. The average Bonchev–Trinajstić information content (AvgIpc) is 2.70. The first-order valence-corrected chi connectivity index (χ1v) is 8.67. The standard InChI is InChI=1S/C23H17FN2O/c24-19-9-11-20(12-10-19)26-22(27)15-16-5-7-18(8-6-16)23-21-4-2-1-3-17(21)13-14-25-23/h1-14H,15H2,(H,26,27). The number of anilines is 1. The Morgan fingerprint density at radius 2 is 1.63 bits per heavy atom. The maximum absolute atomic E-state index is 12.9. The second kappa shape index (κ2) is 7.38. The van der Waals surface area contributed by atoms with Gasteiger partial charge in [0, 0.05) is 22.8 Å². The van der Waals surface area contributed by atoms with Gasteiger partial charge in [-0.25, -0.2) is 4.39 Å². The minimum atomic E-state index is -0.328. The number of hydrogen-bond acceptors (Lipinski definition) is 2. The first-order chi connectivity index (χ1) is 13.2. The summed E-state index contributed by atoms with van der Waals surface area (Å²) in [5.41, 5.74) is 3.42. The molecule has 0 spiro atoms. The predicted molar refractivity (Wildman–Crippen MR) is 106 cm³/mol. The van der Waals surface area contributed by atoms with Crippen molar-refractivity contribution in [2.24, 2.45) is 0 Å². The number of aromatic nitrogens is 1. The first-order valence-electron chi connectivity index (χ1n) is 8.67. The fourth-order valence-corrected chi connectivity index (χ4v) is 3.05. The van der Waals surface area contributed by atoms with E-state index in [2.05, 4.69) is 22.4 Å². The van der Waals surface area contributed by atoms with E-state index >= 15 is 0 Å². The van der Waals surface area contributed by atoms with Gasteiger partial charge in [-0.15, -0.1) is 0 Å². The number of carbonyl (C=O) groups excluding carboxylic acids is 1. The van der Waals surface area contributed by atoms with Crippen molar-refractivity contribution >= 4 is 22.4 Å². The molecule has 0 aliphatic heterocycles. The lowest BCUT2D eigenvalue weighted by Crippen LogP contribution is -2.14. The van der Waals surface area contributed by atoms with Gasteiger partial charge in [-0.2, -0.15) is 0 Å². The quantitative estimate of drug-likeness (QED) is 0.544. The van der Waals surface area contributed by atoms with Crippen LogP contribution in [-0.2, 0) is 11.2 Å². The topological polar surface area (TPSA) is 42.0 Å². The summed E-state index contributed by atoms with van der Waals surface area (Å²) in [6.45, 7) is 0. The molecule has 27 heavy (non-hydrogen) atoms. The van der Waals surface area contributed by atoms with Crippen molar-refractivity contribution in [3.8, 4) is 11.3 Å². The monoisotopic (exact) mass is 356 g/mol. The van der Waals surface area contributed by atoms with Gasteiger partial charge < -0.3 is 5.32 Å². The summed E-state index contributed by atoms with van der Waals surface area (Å²) in [6.07, 6.45) is 2.06. The molecule has 0 aliphatic rings. The van der Waals surface area contributed by atoms with E-state index in [1.54, 1.807) is 12.1 Å². The highest BCUT2D eigenvalue weighted by atomic mass is 19.1. The Morgan fingerprint density at radius 1 is 0.889 bits per heavy atom. The van der Waals surface area contributed by atoms with Crippen molar-refractivity contribution in [2.45, 2.75) is 6.42 Å². The Kier molecular flexibility index (Phi) is 4.62. The molecule has 1 aromatic heterocycles. The highest BCUT2D eigenvalue weighted by Gasteiger charge is 2.07. The first kappa shape index (κ1) is 16.9. The summed E-state index contributed by atoms with van der Waals surface area (Å²) in [5.74, 6) is -0.469. The molecule has 0 bridgehead atoms. The van der Waals surface area contributed by atoms with Gasteiger partial charge in [-0.05, 0) is 41.3 Å². The number of benzene rings is 3. The molecule has 1 N–H and O–H groups in total.